The van der Waals surface area contributed by atoms with Crippen molar-refractivity contribution in [1.29, 1.82) is 0 Å². The number of amides is 1. The number of anilines is 1. The molecule has 0 aliphatic carbocycles. The van der Waals surface area contributed by atoms with Gasteiger partial charge in [-0.15, -0.1) is 0 Å². The summed E-state index contributed by atoms with van der Waals surface area (Å²) in [7, 11) is 1.62. The molecule has 6 heteroatoms. The molecule has 0 spiro atoms. The Morgan fingerprint density at radius 2 is 2.40 bits per heavy atom. The first kappa shape index (κ1) is 15.0. The molecule has 0 saturated carbocycles. The summed E-state index contributed by atoms with van der Waals surface area (Å²) in [6, 6.07) is 4.68. The second-order valence-corrected chi connectivity index (χ2v) is 5.93. The van der Waals surface area contributed by atoms with E-state index in [1.165, 1.54) is 12.1 Å². The maximum Gasteiger partial charge on any atom is 0.256 e. The quantitative estimate of drug-likeness (QED) is 0.637. The summed E-state index contributed by atoms with van der Waals surface area (Å²) < 4.78 is 5.09. The summed E-state index contributed by atoms with van der Waals surface area (Å²) in [6.45, 7) is 1.03. The van der Waals surface area contributed by atoms with Crippen LogP contribution in [0, 0.1) is 0 Å². The van der Waals surface area contributed by atoms with Crippen LogP contribution in [0.1, 0.15) is 16.8 Å². The van der Waals surface area contributed by atoms with Gasteiger partial charge in [0, 0.05) is 31.1 Å². The number of thioether (sulfide) groups is 1. The molecule has 0 bridgehead atoms. The third-order valence-electron chi connectivity index (χ3n) is 3.41. The van der Waals surface area contributed by atoms with Gasteiger partial charge < -0.3 is 20.5 Å². The van der Waals surface area contributed by atoms with Crippen LogP contribution in [-0.4, -0.2) is 53.7 Å². The molecular weight excluding hydrogens is 276 g/mol. The topological polar surface area (TPSA) is 75.8 Å². The molecule has 1 unspecified atom stereocenters. The van der Waals surface area contributed by atoms with Gasteiger partial charge in [0.25, 0.3) is 5.91 Å². The highest BCUT2D eigenvalue weighted by Gasteiger charge is 2.28. The number of phenolic OH excluding ortho intramolecular Hbond substituents is 1. The van der Waals surface area contributed by atoms with Gasteiger partial charge in [0.2, 0.25) is 0 Å². The molecule has 3 N–H and O–H groups in total. The van der Waals surface area contributed by atoms with Crippen molar-refractivity contribution in [2.24, 2.45) is 0 Å². The number of benzene rings is 1. The molecule has 1 saturated heterocycles. The molecule has 1 atom stereocenters. The summed E-state index contributed by atoms with van der Waals surface area (Å²) >= 11 is 1.85. The van der Waals surface area contributed by atoms with E-state index in [-0.39, 0.29) is 17.7 Å². The zero-order valence-corrected chi connectivity index (χ0v) is 12.4. The molecule has 5 nitrogen and oxygen atoms in total. The number of aromatic hydroxyl groups is 1. The average molecular weight is 296 g/mol. The Labute approximate surface area is 123 Å². The molecule has 1 aromatic carbocycles. The predicted octanol–water partition coefficient (Wildman–Crippen LogP) is 1.57. The first-order chi connectivity index (χ1) is 9.63. The minimum absolute atomic E-state index is 0.0510. The number of ether oxygens (including phenoxy) is 1. The maximum absolute atomic E-state index is 12.7. The lowest BCUT2D eigenvalue weighted by molar-refractivity contribution is 0.0625. The van der Waals surface area contributed by atoms with E-state index in [1.807, 2.05) is 16.7 Å². The second kappa shape index (κ2) is 6.85. The summed E-state index contributed by atoms with van der Waals surface area (Å²) in [5, 5.41) is 9.55. The zero-order valence-electron chi connectivity index (χ0n) is 11.5. The fourth-order valence-electron chi connectivity index (χ4n) is 2.29. The number of hydrogen-bond donors (Lipinski definition) is 2. The zero-order chi connectivity index (χ0) is 14.5. The average Bonchev–Trinajstić information content (AvgIpc) is 2.95. The highest BCUT2D eigenvalue weighted by atomic mass is 32.2. The van der Waals surface area contributed by atoms with Crippen molar-refractivity contribution in [3.63, 3.8) is 0 Å². The first-order valence-corrected chi connectivity index (χ1v) is 7.75. The minimum Gasteiger partial charge on any atom is -0.508 e. The van der Waals surface area contributed by atoms with Gasteiger partial charge in [0.1, 0.15) is 5.75 Å². The van der Waals surface area contributed by atoms with E-state index in [1.54, 1.807) is 13.2 Å². The van der Waals surface area contributed by atoms with Crippen molar-refractivity contribution in [2.45, 2.75) is 12.5 Å². The number of nitrogens with zero attached hydrogens (tertiary/aromatic N) is 1. The number of methoxy groups -OCH3 is 1. The summed E-state index contributed by atoms with van der Waals surface area (Å²) in [4.78, 5) is 14.5. The second-order valence-electron chi connectivity index (χ2n) is 4.78. The van der Waals surface area contributed by atoms with Crippen LogP contribution < -0.4 is 5.73 Å². The Morgan fingerprint density at radius 3 is 3.05 bits per heavy atom. The predicted molar refractivity (Wildman–Crippen MR) is 81.2 cm³/mol. The van der Waals surface area contributed by atoms with E-state index in [4.69, 9.17) is 10.5 Å². The van der Waals surface area contributed by atoms with Gasteiger partial charge in [-0.25, -0.2) is 0 Å². The van der Waals surface area contributed by atoms with Crippen molar-refractivity contribution in [3.8, 4) is 5.75 Å². The largest absolute Gasteiger partial charge is 0.508 e. The van der Waals surface area contributed by atoms with Crippen molar-refractivity contribution in [1.82, 2.24) is 4.90 Å². The van der Waals surface area contributed by atoms with Crippen LogP contribution in [0.25, 0.3) is 0 Å². The van der Waals surface area contributed by atoms with E-state index < -0.39 is 0 Å². The molecule has 1 aliphatic rings. The molecule has 1 aliphatic heterocycles. The van der Waals surface area contributed by atoms with Crippen molar-refractivity contribution >= 4 is 23.4 Å². The fourth-order valence-corrected chi connectivity index (χ4v) is 3.52. The monoisotopic (exact) mass is 296 g/mol. The van der Waals surface area contributed by atoms with Gasteiger partial charge in [-0.05, 0) is 30.4 Å². The molecule has 110 valence electrons. The van der Waals surface area contributed by atoms with E-state index in [9.17, 15) is 9.90 Å². The number of carbonyl (C=O) groups is 1. The Morgan fingerprint density at radius 1 is 1.60 bits per heavy atom. The van der Waals surface area contributed by atoms with Gasteiger partial charge in [0.15, 0.2) is 0 Å². The third-order valence-corrected chi connectivity index (χ3v) is 4.56. The Kier molecular flexibility index (Phi) is 5.14. The maximum atomic E-state index is 12.7. The van der Waals surface area contributed by atoms with Crippen LogP contribution in [0.3, 0.4) is 0 Å². The van der Waals surface area contributed by atoms with E-state index in [0.717, 1.165) is 17.9 Å². The SMILES string of the molecule is COCCN(C(=O)c1cc(O)ccc1N)C1CCSC1. The highest BCUT2D eigenvalue weighted by Crippen LogP contribution is 2.26. The molecule has 1 heterocycles. The van der Waals surface area contributed by atoms with Crippen molar-refractivity contribution in [3.05, 3.63) is 23.8 Å². The van der Waals surface area contributed by atoms with Crippen molar-refractivity contribution in [2.75, 3.05) is 37.5 Å². The number of carbonyl (C=O) groups excluding carboxylic acids is 1. The van der Waals surface area contributed by atoms with Crippen LogP contribution in [0.15, 0.2) is 18.2 Å². The lowest BCUT2D eigenvalue weighted by Crippen LogP contribution is -2.42. The molecule has 20 heavy (non-hydrogen) atoms. The van der Waals surface area contributed by atoms with Gasteiger partial charge in [-0.1, -0.05) is 0 Å². The lowest BCUT2D eigenvalue weighted by atomic mass is 10.1. The number of nitrogens with two attached hydrogens (primary N) is 1. The summed E-state index contributed by atoms with van der Waals surface area (Å²) in [5.74, 6) is 1.92. The highest BCUT2D eigenvalue weighted by molar-refractivity contribution is 7.99. The molecule has 0 radical (unpaired) electrons. The standard InChI is InChI=1S/C14H20N2O3S/c1-19-6-5-16(10-4-7-20-9-10)14(18)12-8-11(17)2-3-13(12)15/h2-3,8,10,17H,4-7,9,15H2,1H3. The van der Waals surface area contributed by atoms with Gasteiger partial charge in [-0.2, -0.15) is 11.8 Å². The van der Waals surface area contributed by atoms with Crippen molar-refractivity contribution < 1.29 is 14.6 Å². The Bertz CT molecular complexity index is 475. The summed E-state index contributed by atoms with van der Waals surface area (Å²) in [6.07, 6.45) is 0.985. The number of rotatable bonds is 5. The van der Waals surface area contributed by atoms with Gasteiger partial charge in [0.05, 0.1) is 12.2 Å². The third kappa shape index (κ3) is 3.37. The molecule has 2 rings (SSSR count). The van der Waals surface area contributed by atoms with Crippen LogP contribution in [0.2, 0.25) is 0 Å². The number of hydrogen-bond acceptors (Lipinski definition) is 5. The number of nitrogen functional groups attached to an aromatic ring is 1. The van der Waals surface area contributed by atoms with E-state index in [2.05, 4.69) is 0 Å². The Balaban J connectivity index is 2.22. The van der Waals surface area contributed by atoms with Crippen LogP contribution in [0.4, 0.5) is 5.69 Å². The van der Waals surface area contributed by atoms with E-state index >= 15 is 0 Å². The van der Waals surface area contributed by atoms with Gasteiger partial charge in [-0.3, -0.25) is 4.79 Å². The first-order valence-electron chi connectivity index (χ1n) is 6.59. The Hall–Kier alpha value is -1.40. The molecule has 0 aromatic heterocycles. The van der Waals surface area contributed by atoms with E-state index in [0.29, 0.717) is 24.4 Å². The van der Waals surface area contributed by atoms with Crippen LogP contribution in [-0.2, 0) is 4.74 Å². The molecule has 1 fully saturated rings. The van der Waals surface area contributed by atoms with Crippen LogP contribution in [0.5, 0.6) is 5.75 Å². The fraction of sp³-hybridized carbons (Fsp3) is 0.500. The molecule has 1 amide bonds. The van der Waals surface area contributed by atoms with Crippen LogP contribution >= 0.6 is 11.8 Å². The molecule has 1 aromatic rings. The molecular formula is C14H20N2O3S. The van der Waals surface area contributed by atoms with Gasteiger partial charge >= 0.3 is 0 Å². The smallest absolute Gasteiger partial charge is 0.256 e. The lowest BCUT2D eigenvalue weighted by Gasteiger charge is -2.29. The summed E-state index contributed by atoms with van der Waals surface area (Å²) in [5.41, 5.74) is 6.61. The normalized spacial score (nSPS) is 18.1. The minimum atomic E-state index is -0.136. The number of phenols is 1.